The summed E-state index contributed by atoms with van der Waals surface area (Å²) in [5.74, 6) is 1.84. The maximum atomic E-state index is 12.9. The van der Waals surface area contributed by atoms with Crippen LogP contribution in [0.25, 0.3) is 0 Å². The molecule has 0 amide bonds. The van der Waals surface area contributed by atoms with Gasteiger partial charge in [-0.2, -0.15) is 13.2 Å². The van der Waals surface area contributed by atoms with E-state index in [9.17, 15) is 17.4 Å². The molecule has 2 saturated heterocycles. The van der Waals surface area contributed by atoms with Crippen molar-refractivity contribution in [1.29, 1.82) is 0 Å². The Balaban J connectivity index is 1.35. The van der Waals surface area contributed by atoms with Crippen LogP contribution in [0.4, 0.5) is 13.2 Å². The molecule has 1 aromatic rings. The molecule has 0 N–H and O–H groups in total. The molecule has 3 aliphatic rings. The molecule has 1 saturated carbocycles. The van der Waals surface area contributed by atoms with Gasteiger partial charge in [0.05, 0.1) is 0 Å². The number of nitrogens with zero attached hydrogens (tertiary/aromatic N) is 2. The Morgan fingerprint density at radius 3 is 2.52 bits per heavy atom. The van der Waals surface area contributed by atoms with Crippen LogP contribution in [0.5, 0.6) is 0 Å². The van der Waals surface area contributed by atoms with Crippen molar-refractivity contribution in [2.75, 3.05) is 24.6 Å². The van der Waals surface area contributed by atoms with Gasteiger partial charge in [-0.25, -0.2) is 4.98 Å². The van der Waals surface area contributed by atoms with Gasteiger partial charge in [0.2, 0.25) is 0 Å². The molecule has 2 aliphatic heterocycles. The maximum Gasteiger partial charge on any atom is 0.433 e. The van der Waals surface area contributed by atoms with E-state index in [1.165, 1.54) is 6.07 Å². The Morgan fingerprint density at radius 1 is 1.16 bits per heavy atom. The molecule has 25 heavy (non-hydrogen) atoms. The molecule has 3 heterocycles. The van der Waals surface area contributed by atoms with Crippen molar-refractivity contribution in [2.24, 2.45) is 5.41 Å². The number of hydrogen-bond acceptors (Lipinski definition) is 3. The van der Waals surface area contributed by atoms with Gasteiger partial charge in [0.25, 0.3) is 0 Å². The predicted molar refractivity (Wildman–Crippen MR) is 90.7 cm³/mol. The summed E-state index contributed by atoms with van der Waals surface area (Å²) in [7, 11) is -0.608. The summed E-state index contributed by atoms with van der Waals surface area (Å²) in [6.07, 6.45) is 0.597. The van der Waals surface area contributed by atoms with Crippen molar-refractivity contribution >= 4 is 10.8 Å². The van der Waals surface area contributed by atoms with Crippen molar-refractivity contribution in [3.8, 4) is 0 Å². The van der Waals surface area contributed by atoms with Gasteiger partial charge in [0, 0.05) is 51.9 Å². The zero-order valence-electron chi connectivity index (χ0n) is 14.1. The van der Waals surface area contributed by atoms with Gasteiger partial charge in [-0.1, -0.05) is 6.07 Å². The number of pyridine rings is 1. The van der Waals surface area contributed by atoms with Crippen molar-refractivity contribution in [2.45, 2.75) is 50.2 Å². The molecule has 0 radical (unpaired) electrons. The topological polar surface area (TPSA) is 33.2 Å². The minimum absolute atomic E-state index is 0.131. The first-order valence-electron chi connectivity index (χ1n) is 8.98. The molecule has 3 fully saturated rings. The fourth-order valence-corrected chi connectivity index (χ4v) is 6.48. The van der Waals surface area contributed by atoms with Crippen LogP contribution in [0.1, 0.15) is 49.4 Å². The van der Waals surface area contributed by atoms with Gasteiger partial charge in [-0.3, -0.25) is 9.11 Å². The third-order valence-corrected chi connectivity index (χ3v) is 7.96. The lowest BCUT2D eigenvalue weighted by atomic mass is 9.83. The van der Waals surface area contributed by atoms with Crippen molar-refractivity contribution in [3.05, 3.63) is 29.6 Å². The highest BCUT2D eigenvalue weighted by atomic mass is 32.2. The van der Waals surface area contributed by atoms with Crippen LogP contribution in [0.15, 0.2) is 18.2 Å². The lowest BCUT2D eigenvalue weighted by Crippen LogP contribution is -2.48. The van der Waals surface area contributed by atoms with Crippen LogP contribution in [0.2, 0.25) is 0 Å². The largest absolute Gasteiger partial charge is 0.433 e. The summed E-state index contributed by atoms with van der Waals surface area (Å²) in [6.45, 7) is 2.13. The molecule has 1 spiro atoms. The Bertz CT molecular complexity index is 663. The van der Waals surface area contributed by atoms with Crippen molar-refractivity contribution in [1.82, 2.24) is 9.88 Å². The second-order valence-electron chi connectivity index (χ2n) is 7.90. The van der Waals surface area contributed by atoms with Gasteiger partial charge < -0.3 is 0 Å². The smallest absolute Gasteiger partial charge is 0.300 e. The van der Waals surface area contributed by atoms with E-state index < -0.39 is 22.7 Å². The summed E-state index contributed by atoms with van der Waals surface area (Å²) in [5, 5.41) is 0. The van der Waals surface area contributed by atoms with Crippen molar-refractivity contribution < 1.29 is 17.4 Å². The van der Waals surface area contributed by atoms with E-state index in [0.29, 0.717) is 17.2 Å². The standard InChI is InChI=1S/C18H23F3N2OS/c19-18(20,21)16-3-1-2-15(22-16)13-4-6-14(7-5-13)23-9-8-17(10-23)11-25(24)12-17/h1-3,13-14H,4-12H2. The Labute approximate surface area is 148 Å². The zero-order chi connectivity index (χ0) is 17.7. The number of rotatable bonds is 2. The minimum Gasteiger partial charge on any atom is -0.300 e. The van der Waals surface area contributed by atoms with E-state index in [2.05, 4.69) is 9.88 Å². The molecule has 0 unspecified atom stereocenters. The number of halogens is 3. The average molecular weight is 372 g/mol. The van der Waals surface area contributed by atoms with Gasteiger partial charge in [0.15, 0.2) is 0 Å². The van der Waals surface area contributed by atoms with E-state index in [1.54, 1.807) is 6.07 Å². The van der Waals surface area contributed by atoms with Crippen LogP contribution in [0.3, 0.4) is 0 Å². The molecule has 0 bridgehead atoms. The molecule has 1 aromatic heterocycles. The highest BCUT2D eigenvalue weighted by Gasteiger charge is 2.48. The van der Waals surface area contributed by atoms with Gasteiger partial charge in [-0.15, -0.1) is 0 Å². The third kappa shape index (κ3) is 3.50. The van der Waals surface area contributed by atoms with E-state index in [-0.39, 0.29) is 5.92 Å². The van der Waals surface area contributed by atoms with Gasteiger partial charge >= 0.3 is 6.18 Å². The van der Waals surface area contributed by atoms with Crippen LogP contribution in [0, 0.1) is 5.41 Å². The third-order valence-electron chi connectivity index (χ3n) is 6.09. The number of alkyl halides is 3. The van der Waals surface area contributed by atoms with Crippen LogP contribution >= 0.6 is 0 Å². The second kappa shape index (κ2) is 6.34. The fraction of sp³-hybridized carbons (Fsp3) is 0.722. The number of hydrogen-bond donors (Lipinski definition) is 0. The molecule has 0 aromatic carbocycles. The SMILES string of the molecule is O=S1CC2(CCN(C3CCC(c4cccc(C(F)(F)F)n4)CC3)C2)C1. The van der Waals surface area contributed by atoms with Gasteiger partial charge in [0.1, 0.15) is 5.69 Å². The molecular formula is C18H23F3N2OS. The number of likely N-dealkylation sites (tertiary alicyclic amines) is 1. The summed E-state index contributed by atoms with van der Waals surface area (Å²) in [5.41, 5.74) is 0.0942. The lowest BCUT2D eigenvalue weighted by molar-refractivity contribution is -0.141. The van der Waals surface area contributed by atoms with Gasteiger partial charge in [-0.05, 0) is 50.8 Å². The fourth-order valence-electron chi connectivity index (χ4n) is 4.73. The quantitative estimate of drug-likeness (QED) is 0.796. The first-order chi connectivity index (χ1) is 11.8. The van der Waals surface area contributed by atoms with E-state index in [0.717, 1.165) is 62.8 Å². The monoisotopic (exact) mass is 372 g/mol. The molecule has 3 nitrogen and oxygen atoms in total. The van der Waals surface area contributed by atoms with E-state index >= 15 is 0 Å². The summed E-state index contributed by atoms with van der Waals surface area (Å²) in [6, 6.07) is 4.77. The zero-order valence-corrected chi connectivity index (χ0v) is 14.9. The molecule has 1 aliphatic carbocycles. The van der Waals surface area contributed by atoms with Crippen LogP contribution in [-0.4, -0.2) is 44.7 Å². The highest BCUT2D eigenvalue weighted by Crippen LogP contribution is 2.43. The van der Waals surface area contributed by atoms with Crippen molar-refractivity contribution in [3.63, 3.8) is 0 Å². The van der Waals surface area contributed by atoms with Crippen LogP contribution in [-0.2, 0) is 17.0 Å². The lowest BCUT2D eigenvalue weighted by Gasteiger charge is -2.39. The summed E-state index contributed by atoms with van der Waals surface area (Å²) < 4.78 is 50.0. The van der Waals surface area contributed by atoms with Crippen LogP contribution < -0.4 is 0 Å². The Hall–Kier alpha value is -0.950. The molecule has 0 atom stereocenters. The first kappa shape index (κ1) is 17.5. The molecular weight excluding hydrogens is 349 g/mol. The summed E-state index contributed by atoms with van der Waals surface area (Å²) in [4.78, 5) is 6.41. The highest BCUT2D eigenvalue weighted by molar-refractivity contribution is 7.86. The Morgan fingerprint density at radius 2 is 1.88 bits per heavy atom. The second-order valence-corrected chi connectivity index (χ2v) is 9.36. The summed E-state index contributed by atoms with van der Waals surface area (Å²) >= 11 is 0. The molecule has 7 heteroatoms. The normalized spacial score (nSPS) is 36.5. The average Bonchev–Trinajstić information content (AvgIpc) is 2.99. The van der Waals surface area contributed by atoms with E-state index in [1.807, 2.05) is 0 Å². The molecule has 138 valence electrons. The predicted octanol–water partition coefficient (Wildman–Crippen LogP) is 3.58. The first-order valence-corrected chi connectivity index (χ1v) is 10.5. The maximum absolute atomic E-state index is 12.9. The number of aromatic nitrogens is 1. The van der Waals surface area contributed by atoms with E-state index in [4.69, 9.17) is 0 Å². The minimum atomic E-state index is -4.38. The molecule has 4 rings (SSSR count). The Kier molecular flexibility index (Phi) is 4.43.